The van der Waals surface area contributed by atoms with E-state index >= 15 is 0 Å². The zero-order valence-electron chi connectivity index (χ0n) is 16.1. The highest BCUT2D eigenvalue weighted by Gasteiger charge is 2.20. The quantitative estimate of drug-likeness (QED) is 0.595. The molecule has 8 heteroatoms. The van der Waals surface area contributed by atoms with Gasteiger partial charge >= 0.3 is 6.09 Å². The first-order chi connectivity index (χ1) is 14.1. The Morgan fingerprint density at radius 2 is 2.31 bits per heavy atom. The van der Waals surface area contributed by atoms with Crippen LogP contribution in [0.2, 0.25) is 0 Å². The first-order valence-electron chi connectivity index (χ1n) is 9.55. The van der Waals surface area contributed by atoms with E-state index in [-0.39, 0.29) is 11.6 Å². The summed E-state index contributed by atoms with van der Waals surface area (Å²) in [7, 11) is 1.64. The minimum absolute atomic E-state index is 0.0303. The number of ether oxygens (including phenoxy) is 1. The molecule has 4 rings (SSSR count). The first-order valence-corrected chi connectivity index (χ1v) is 10.4. The summed E-state index contributed by atoms with van der Waals surface area (Å²) in [5, 5.41) is 15.4. The second-order valence-electron chi connectivity index (χ2n) is 7.17. The molecule has 1 unspecified atom stereocenters. The van der Waals surface area contributed by atoms with Crippen LogP contribution in [0.3, 0.4) is 0 Å². The van der Waals surface area contributed by atoms with Gasteiger partial charge in [0.25, 0.3) is 5.56 Å². The lowest BCUT2D eigenvalue weighted by molar-refractivity contribution is 0.169. The van der Waals surface area contributed by atoms with Crippen LogP contribution in [0.15, 0.2) is 34.4 Å². The van der Waals surface area contributed by atoms with Crippen LogP contribution in [-0.2, 0) is 0 Å². The van der Waals surface area contributed by atoms with E-state index < -0.39 is 6.09 Å². The maximum absolute atomic E-state index is 12.3. The zero-order valence-corrected chi connectivity index (χ0v) is 16.9. The predicted molar refractivity (Wildman–Crippen MR) is 116 cm³/mol. The maximum atomic E-state index is 12.3. The van der Waals surface area contributed by atoms with E-state index in [2.05, 4.69) is 21.3 Å². The van der Waals surface area contributed by atoms with Crippen LogP contribution in [0.1, 0.15) is 18.4 Å². The molecular formula is C21H23N3O4S. The van der Waals surface area contributed by atoms with Gasteiger partial charge in [-0.3, -0.25) is 9.69 Å². The van der Waals surface area contributed by atoms with Gasteiger partial charge in [0, 0.05) is 41.0 Å². The maximum Gasteiger partial charge on any atom is 0.404 e. The van der Waals surface area contributed by atoms with Crippen molar-refractivity contribution in [3.05, 3.63) is 45.6 Å². The number of likely N-dealkylation sites (tertiary alicyclic amines) is 1. The smallest absolute Gasteiger partial charge is 0.404 e. The molecule has 0 saturated carbocycles. The van der Waals surface area contributed by atoms with Crippen molar-refractivity contribution in [2.45, 2.75) is 18.9 Å². The number of hydrogen-bond donors (Lipinski definition) is 3. The number of benzene rings is 1. The molecule has 1 saturated heterocycles. The number of nitrogens with zero attached hydrogens (tertiary/aromatic N) is 1. The highest BCUT2D eigenvalue weighted by atomic mass is 32.1. The van der Waals surface area contributed by atoms with Crippen molar-refractivity contribution in [1.29, 1.82) is 0 Å². The fourth-order valence-corrected chi connectivity index (χ4v) is 4.83. The molecule has 1 fully saturated rings. The van der Waals surface area contributed by atoms with Crippen LogP contribution in [0.25, 0.3) is 27.1 Å². The van der Waals surface area contributed by atoms with E-state index in [1.54, 1.807) is 7.11 Å². The Labute approximate surface area is 171 Å². The van der Waals surface area contributed by atoms with Gasteiger partial charge in [0.2, 0.25) is 0 Å². The Bertz CT molecular complexity index is 1130. The lowest BCUT2D eigenvalue weighted by Crippen LogP contribution is -2.47. The molecule has 1 aromatic carbocycles. The largest absolute Gasteiger partial charge is 0.496 e. The number of methoxy groups -OCH3 is 1. The number of thiophene rings is 1. The molecule has 2 aromatic heterocycles. The van der Waals surface area contributed by atoms with E-state index in [0.29, 0.717) is 17.8 Å². The van der Waals surface area contributed by atoms with Crippen molar-refractivity contribution in [3.63, 3.8) is 0 Å². The number of nitrogens with one attached hydrogen (secondary N) is 2. The second-order valence-corrected chi connectivity index (χ2v) is 8.09. The SMILES string of the molecule is COc1ccc2[nH]c(=O)c3sccc3c2c1C=CCN1CCCC(NC(=O)O)C1. The fourth-order valence-electron chi connectivity index (χ4n) is 4.03. The Morgan fingerprint density at radius 3 is 3.10 bits per heavy atom. The standard InChI is InChI=1S/C21H23N3O4S/c1-28-17-7-6-16-18(15-8-11-29-19(15)20(25)23-16)14(17)5-3-10-24-9-2-4-13(12-24)22-21(26)27/h3,5-8,11,13,22H,2,4,9-10,12H2,1H3,(H,23,25)(H,26,27). The Kier molecular flexibility index (Phi) is 5.55. The van der Waals surface area contributed by atoms with Gasteiger partial charge in [-0.1, -0.05) is 12.2 Å². The Hall–Kier alpha value is -2.84. The lowest BCUT2D eigenvalue weighted by Gasteiger charge is -2.31. The molecule has 7 nitrogen and oxygen atoms in total. The summed E-state index contributed by atoms with van der Waals surface area (Å²) in [6.45, 7) is 2.36. The summed E-state index contributed by atoms with van der Waals surface area (Å²) < 4.78 is 6.29. The molecule has 152 valence electrons. The second kappa shape index (κ2) is 8.26. The third-order valence-electron chi connectivity index (χ3n) is 5.30. The number of rotatable bonds is 5. The third kappa shape index (κ3) is 3.99. The average Bonchev–Trinajstić information content (AvgIpc) is 3.18. The number of amides is 1. The average molecular weight is 413 g/mol. The summed E-state index contributed by atoms with van der Waals surface area (Å²) in [6, 6.07) is 5.68. The van der Waals surface area contributed by atoms with Crippen molar-refractivity contribution in [2.75, 3.05) is 26.7 Å². The molecule has 1 aliphatic rings. The molecule has 0 spiro atoms. The lowest BCUT2D eigenvalue weighted by atomic mass is 10.0. The van der Waals surface area contributed by atoms with Gasteiger partial charge in [0.05, 0.1) is 7.11 Å². The van der Waals surface area contributed by atoms with E-state index in [1.165, 1.54) is 11.3 Å². The number of aromatic amines is 1. The van der Waals surface area contributed by atoms with Crippen LogP contribution in [0.4, 0.5) is 4.79 Å². The van der Waals surface area contributed by atoms with Crippen LogP contribution < -0.4 is 15.6 Å². The van der Waals surface area contributed by atoms with Crippen LogP contribution in [0.5, 0.6) is 5.75 Å². The molecular weight excluding hydrogens is 390 g/mol. The molecule has 1 aliphatic heterocycles. The van der Waals surface area contributed by atoms with Gasteiger partial charge in [0.15, 0.2) is 0 Å². The predicted octanol–water partition coefficient (Wildman–Crippen LogP) is 3.50. The molecule has 0 aliphatic carbocycles. The van der Waals surface area contributed by atoms with Crippen molar-refractivity contribution in [2.24, 2.45) is 0 Å². The fraction of sp³-hybridized carbons (Fsp3) is 0.333. The minimum Gasteiger partial charge on any atom is -0.496 e. The number of carboxylic acid groups (broad SMARTS) is 1. The summed E-state index contributed by atoms with van der Waals surface area (Å²) in [6.07, 6.45) is 4.97. The van der Waals surface area contributed by atoms with E-state index in [0.717, 1.165) is 47.0 Å². The van der Waals surface area contributed by atoms with Crippen molar-refractivity contribution in [1.82, 2.24) is 15.2 Å². The molecule has 1 amide bonds. The van der Waals surface area contributed by atoms with Crippen molar-refractivity contribution < 1.29 is 14.6 Å². The van der Waals surface area contributed by atoms with E-state index in [4.69, 9.17) is 9.84 Å². The summed E-state index contributed by atoms with van der Waals surface area (Å²) in [5.74, 6) is 0.748. The van der Waals surface area contributed by atoms with Crippen molar-refractivity contribution in [3.8, 4) is 5.75 Å². The van der Waals surface area contributed by atoms with Crippen LogP contribution in [-0.4, -0.2) is 53.9 Å². The topological polar surface area (TPSA) is 94.7 Å². The van der Waals surface area contributed by atoms with E-state index in [1.807, 2.05) is 29.7 Å². The molecule has 3 N–H and O–H groups in total. The Morgan fingerprint density at radius 1 is 1.45 bits per heavy atom. The highest BCUT2D eigenvalue weighted by Crippen LogP contribution is 2.34. The number of aromatic nitrogens is 1. The number of pyridine rings is 1. The summed E-state index contributed by atoms with van der Waals surface area (Å²) in [5.41, 5.74) is 1.64. The van der Waals surface area contributed by atoms with Gasteiger partial charge in [-0.2, -0.15) is 0 Å². The zero-order chi connectivity index (χ0) is 20.4. The normalized spacial score (nSPS) is 17.9. The van der Waals surface area contributed by atoms with Crippen LogP contribution >= 0.6 is 11.3 Å². The number of carbonyl (C=O) groups is 1. The van der Waals surface area contributed by atoms with E-state index in [9.17, 15) is 9.59 Å². The molecule has 1 atom stereocenters. The summed E-state index contributed by atoms with van der Waals surface area (Å²) >= 11 is 1.43. The van der Waals surface area contributed by atoms with Gasteiger partial charge in [-0.05, 0) is 43.0 Å². The highest BCUT2D eigenvalue weighted by molar-refractivity contribution is 7.17. The molecule has 3 heterocycles. The van der Waals surface area contributed by atoms with Crippen molar-refractivity contribution >= 4 is 44.5 Å². The molecule has 3 aromatic rings. The Balaban J connectivity index is 1.64. The summed E-state index contributed by atoms with van der Waals surface area (Å²) in [4.78, 5) is 28.4. The van der Waals surface area contributed by atoms with Gasteiger partial charge in [-0.15, -0.1) is 11.3 Å². The van der Waals surface area contributed by atoms with Crippen LogP contribution in [0, 0.1) is 0 Å². The number of piperidine rings is 1. The third-order valence-corrected chi connectivity index (χ3v) is 6.21. The number of fused-ring (bicyclic) bond motifs is 3. The monoisotopic (exact) mass is 413 g/mol. The van der Waals surface area contributed by atoms with Gasteiger partial charge in [0.1, 0.15) is 10.4 Å². The molecule has 29 heavy (non-hydrogen) atoms. The molecule has 0 radical (unpaired) electrons. The van der Waals surface area contributed by atoms with Gasteiger partial charge < -0.3 is 20.1 Å². The number of H-pyrrole nitrogens is 1. The minimum atomic E-state index is -0.971. The number of hydrogen-bond acceptors (Lipinski definition) is 5. The van der Waals surface area contributed by atoms with Gasteiger partial charge in [-0.25, -0.2) is 4.79 Å². The molecule has 0 bridgehead atoms. The first kappa shape index (κ1) is 19.5.